The van der Waals surface area contributed by atoms with Crippen molar-refractivity contribution in [1.29, 1.82) is 0 Å². The van der Waals surface area contributed by atoms with Crippen molar-refractivity contribution in [2.24, 2.45) is 17.6 Å². The lowest BCUT2D eigenvalue weighted by molar-refractivity contribution is -0.146. The van der Waals surface area contributed by atoms with Crippen molar-refractivity contribution in [1.82, 2.24) is 9.88 Å². The number of likely N-dealkylation sites (tertiary alicyclic amines) is 1. The van der Waals surface area contributed by atoms with Crippen LogP contribution in [-0.2, 0) is 14.4 Å². The number of carbonyl (C=O) groups is 3. The van der Waals surface area contributed by atoms with Crippen molar-refractivity contribution in [3.05, 3.63) is 24.5 Å². The molecule has 1 aliphatic heterocycles. The van der Waals surface area contributed by atoms with Gasteiger partial charge in [-0.2, -0.15) is 0 Å². The Balaban J connectivity index is 2.01. The molecule has 1 saturated heterocycles. The summed E-state index contributed by atoms with van der Waals surface area (Å²) in [4.78, 5) is 40.7. The Morgan fingerprint density at radius 3 is 2.76 bits per heavy atom. The van der Waals surface area contributed by atoms with E-state index in [0.717, 1.165) is 0 Å². The summed E-state index contributed by atoms with van der Waals surface area (Å²) in [5, 5.41) is 2.49. The Hall–Kier alpha value is -2.44. The van der Waals surface area contributed by atoms with Crippen LogP contribution in [0.1, 0.15) is 13.3 Å². The number of anilines is 1. The minimum absolute atomic E-state index is 0.131. The molecule has 0 bridgehead atoms. The lowest BCUT2D eigenvalue weighted by Crippen LogP contribution is -2.50. The van der Waals surface area contributed by atoms with Crippen LogP contribution in [0.2, 0.25) is 0 Å². The number of carbonyl (C=O) groups excluding carboxylic acids is 3. The van der Waals surface area contributed by atoms with Gasteiger partial charge in [0.25, 0.3) is 0 Å². The number of piperidine rings is 1. The molecular weight excluding hydrogens is 272 g/mol. The zero-order chi connectivity index (χ0) is 15.4. The number of nitrogens with one attached hydrogen (secondary N) is 1. The highest BCUT2D eigenvalue weighted by molar-refractivity contribution is 6.39. The predicted molar refractivity (Wildman–Crippen MR) is 75.9 cm³/mol. The van der Waals surface area contributed by atoms with E-state index in [9.17, 15) is 14.4 Å². The topological polar surface area (TPSA) is 105 Å². The summed E-state index contributed by atoms with van der Waals surface area (Å²) in [5.41, 5.74) is 5.76. The van der Waals surface area contributed by atoms with Crippen LogP contribution in [0.4, 0.5) is 5.69 Å². The Kier molecular flexibility index (Phi) is 4.52. The lowest BCUT2D eigenvalue weighted by atomic mass is 9.90. The summed E-state index contributed by atoms with van der Waals surface area (Å²) in [6, 6.07) is 3.30. The van der Waals surface area contributed by atoms with Crippen LogP contribution >= 0.6 is 0 Å². The van der Waals surface area contributed by atoms with E-state index in [4.69, 9.17) is 5.73 Å². The first-order chi connectivity index (χ1) is 9.97. The number of aromatic nitrogens is 1. The molecule has 0 spiro atoms. The number of pyridine rings is 1. The summed E-state index contributed by atoms with van der Waals surface area (Å²) >= 11 is 0. The molecule has 0 radical (unpaired) electrons. The van der Waals surface area contributed by atoms with Gasteiger partial charge >= 0.3 is 11.8 Å². The third-order valence-corrected chi connectivity index (χ3v) is 3.46. The van der Waals surface area contributed by atoms with E-state index in [2.05, 4.69) is 10.3 Å². The first-order valence-electron chi connectivity index (χ1n) is 6.77. The van der Waals surface area contributed by atoms with Crippen molar-refractivity contribution in [3.8, 4) is 0 Å². The number of nitrogens with two attached hydrogens (primary N) is 1. The Morgan fingerprint density at radius 2 is 2.14 bits per heavy atom. The van der Waals surface area contributed by atoms with Crippen LogP contribution in [0.25, 0.3) is 0 Å². The van der Waals surface area contributed by atoms with Crippen molar-refractivity contribution in [2.75, 3.05) is 18.4 Å². The standard InChI is InChI=1S/C14H18N4O3/c1-9-5-10(12(15)19)8-18(7-9)14(21)13(20)17-11-3-2-4-16-6-11/h2-4,6,9-10H,5,7-8H2,1H3,(H2,15,19)(H,17,20). The van der Waals surface area contributed by atoms with Gasteiger partial charge < -0.3 is 16.0 Å². The molecule has 7 heteroatoms. The van der Waals surface area contributed by atoms with Gasteiger partial charge in [-0.25, -0.2) is 0 Å². The van der Waals surface area contributed by atoms with Crippen molar-refractivity contribution < 1.29 is 14.4 Å². The van der Waals surface area contributed by atoms with Gasteiger partial charge in [-0.3, -0.25) is 19.4 Å². The SMILES string of the molecule is CC1CC(C(N)=O)CN(C(=O)C(=O)Nc2cccnc2)C1. The maximum absolute atomic E-state index is 12.2. The molecule has 0 aliphatic carbocycles. The Morgan fingerprint density at radius 1 is 1.38 bits per heavy atom. The molecule has 0 aromatic carbocycles. The third-order valence-electron chi connectivity index (χ3n) is 3.46. The van der Waals surface area contributed by atoms with E-state index in [0.29, 0.717) is 18.7 Å². The fourth-order valence-corrected chi connectivity index (χ4v) is 2.49. The number of nitrogens with zero attached hydrogens (tertiary/aromatic N) is 2. The minimum atomic E-state index is -0.736. The summed E-state index contributed by atoms with van der Waals surface area (Å²) in [7, 11) is 0. The number of hydrogen-bond acceptors (Lipinski definition) is 4. The first-order valence-corrected chi connectivity index (χ1v) is 6.77. The molecule has 2 atom stereocenters. The molecule has 1 aromatic heterocycles. The molecule has 2 heterocycles. The van der Waals surface area contributed by atoms with Crippen LogP contribution < -0.4 is 11.1 Å². The largest absolute Gasteiger partial charge is 0.369 e. The highest BCUT2D eigenvalue weighted by atomic mass is 16.2. The quantitative estimate of drug-likeness (QED) is 0.747. The summed E-state index contributed by atoms with van der Waals surface area (Å²) in [6.07, 6.45) is 3.67. The maximum Gasteiger partial charge on any atom is 0.313 e. The highest BCUT2D eigenvalue weighted by Gasteiger charge is 2.33. The average molecular weight is 290 g/mol. The van der Waals surface area contributed by atoms with Gasteiger partial charge in [0.2, 0.25) is 5.91 Å². The van der Waals surface area contributed by atoms with Crippen molar-refractivity contribution in [2.45, 2.75) is 13.3 Å². The van der Waals surface area contributed by atoms with Gasteiger partial charge in [0.05, 0.1) is 17.8 Å². The molecule has 2 unspecified atom stereocenters. The fraction of sp³-hybridized carbons (Fsp3) is 0.429. The summed E-state index contributed by atoms with van der Waals surface area (Å²) in [6.45, 7) is 2.57. The molecule has 1 aromatic rings. The van der Waals surface area contributed by atoms with E-state index >= 15 is 0 Å². The normalized spacial score (nSPS) is 21.7. The van der Waals surface area contributed by atoms with Crippen molar-refractivity contribution in [3.63, 3.8) is 0 Å². The molecule has 1 aliphatic rings. The van der Waals surface area contributed by atoms with Crippen LogP contribution in [0.3, 0.4) is 0 Å². The van der Waals surface area contributed by atoms with Gasteiger partial charge in [0, 0.05) is 19.3 Å². The van der Waals surface area contributed by atoms with E-state index in [1.54, 1.807) is 18.3 Å². The third kappa shape index (κ3) is 3.77. The van der Waals surface area contributed by atoms with E-state index in [1.807, 2.05) is 6.92 Å². The van der Waals surface area contributed by atoms with Gasteiger partial charge in [0.15, 0.2) is 0 Å². The maximum atomic E-state index is 12.2. The molecule has 2 rings (SSSR count). The second kappa shape index (κ2) is 6.34. The second-order valence-corrected chi connectivity index (χ2v) is 5.35. The molecule has 3 amide bonds. The lowest BCUT2D eigenvalue weighted by Gasteiger charge is -2.34. The van der Waals surface area contributed by atoms with Crippen LogP contribution in [0.5, 0.6) is 0 Å². The van der Waals surface area contributed by atoms with Crippen LogP contribution in [-0.4, -0.2) is 40.7 Å². The minimum Gasteiger partial charge on any atom is -0.369 e. The first kappa shape index (κ1) is 15.0. The molecule has 0 saturated carbocycles. The second-order valence-electron chi connectivity index (χ2n) is 5.35. The zero-order valence-corrected chi connectivity index (χ0v) is 11.8. The molecule has 7 nitrogen and oxygen atoms in total. The molecule has 3 N–H and O–H groups in total. The number of amides is 3. The fourth-order valence-electron chi connectivity index (χ4n) is 2.49. The molecule has 21 heavy (non-hydrogen) atoms. The Labute approximate surface area is 122 Å². The van der Waals surface area contributed by atoms with Crippen molar-refractivity contribution >= 4 is 23.4 Å². The van der Waals surface area contributed by atoms with E-state index in [1.165, 1.54) is 11.1 Å². The molecular formula is C14H18N4O3. The van der Waals surface area contributed by atoms with Gasteiger partial charge in [-0.1, -0.05) is 6.92 Å². The summed E-state index contributed by atoms with van der Waals surface area (Å²) in [5.74, 6) is -2.10. The smallest absolute Gasteiger partial charge is 0.313 e. The number of rotatable bonds is 2. The number of hydrogen-bond donors (Lipinski definition) is 2. The van der Waals surface area contributed by atoms with Gasteiger partial charge in [0.1, 0.15) is 0 Å². The predicted octanol–water partition coefficient (Wildman–Crippen LogP) is -0.01000. The average Bonchev–Trinajstić information content (AvgIpc) is 2.46. The highest BCUT2D eigenvalue weighted by Crippen LogP contribution is 2.21. The van der Waals surface area contributed by atoms with Gasteiger partial charge in [-0.15, -0.1) is 0 Å². The monoisotopic (exact) mass is 290 g/mol. The van der Waals surface area contributed by atoms with Gasteiger partial charge in [-0.05, 0) is 24.5 Å². The van der Waals surface area contributed by atoms with E-state index in [-0.39, 0.29) is 12.5 Å². The summed E-state index contributed by atoms with van der Waals surface area (Å²) < 4.78 is 0. The van der Waals surface area contributed by atoms with Crippen LogP contribution in [0.15, 0.2) is 24.5 Å². The molecule has 1 fully saturated rings. The number of primary amides is 1. The molecule has 112 valence electrons. The van der Waals surface area contributed by atoms with Crippen LogP contribution in [0, 0.1) is 11.8 Å². The van der Waals surface area contributed by atoms with E-state index < -0.39 is 23.6 Å². The Bertz CT molecular complexity index is 546. The zero-order valence-electron chi connectivity index (χ0n) is 11.8.